The highest BCUT2D eigenvalue weighted by atomic mass is 19.3. The van der Waals surface area contributed by atoms with Crippen molar-refractivity contribution in [3.8, 4) is 16.9 Å². The molecule has 1 N–H and O–H groups in total. The Kier molecular flexibility index (Phi) is 5.15. The molecule has 0 unspecified atom stereocenters. The van der Waals surface area contributed by atoms with Gasteiger partial charge in [0.15, 0.2) is 0 Å². The first-order valence-electron chi connectivity index (χ1n) is 10.8. The summed E-state index contributed by atoms with van der Waals surface area (Å²) in [5.41, 5.74) is 4.97. The van der Waals surface area contributed by atoms with Gasteiger partial charge < -0.3 is 14.2 Å². The number of aryl methyl sites for hydroxylation is 3. The van der Waals surface area contributed by atoms with Crippen LogP contribution in [0.2, 0.25) is 0 Å². The van der Waals surface area contributed by atoms with Crippen LogP contribution >= 0.6 is 0 Å². The molecule has 5 rings (SSSR count). The number of nitrogens with zero attached hydrogens (tertiary/aromatic N) is 3. The topological polar surface area (TPSA) is 63.1 Å². The third-order valence-electron chi connectivity index (χ3n) is 6.41. The third kappa shape index (κ3) is 3.46. The van der Waals surface area contributed by atoms with E-state index in [9.17, 15) is 13.6 Å². The van der Waals surface area contributed by atoms with Crippen LogP contribution in [0.1, 0.15) is 29.5 Å². The van der Waals surface area contributed by atoms with Crippen molar-refractivity contribution in [2.24, 2.45) is 7.05 Å². The van der Waals surface area contributed by atoms with Crippen LogP contribution in [-0.4, -0.2) is 28.4 Å². The van der Waals surface area contributed by atoms with Crippen molar-refractivity contribution in [1.82, 2.24) is 14.8 Å². The van der Waals surface area contributed by atoms with E-state index in [4.69, 9.17) is 4.74 Å². The number of nitrogens with one attached hydrogen (secondary N) is 1. The SMILES string of the molecule is COc1cc(N2CCCc3cc(-c4cn[nH]c4)c(C(F)F)cc32)c2cc(C)c(=O)n(C)c2c1. The van der Waals surface area contributed by atoms with E-state index in [1.165, 1.54) is 0 Å². The van der Waals surface area contributed by atoms with Crippen LogP contribution in [0.4, 0.5) is 20.2 Å². The van der Waals surface area contributed by atoms with Crippen LogP contribution in [0, 0.1) is 6.92 Å². The Morgan fingerprint density at radius 1 is 1.15 bits per heavy atom. The molecular weight excluding hydrogens is 426 g/mol. The highest BCUT2D eigenvalue weighted by molar-refractivity contribution is 5.96. The number of hydrogen-bond acceptors (Lipinski definition) is 4. The second-order valence-electron chi connectivity index (χ2n) is 8.38. The first-order chi connectivity index (χ1) is 15.9. The van der Waals surface area contributed by atoms with Gasteiger partial charge >= 0.3 is 0 Å². The number of fused-ring (bicyclic) bond motifs is 2. The molecule has 0 saturated heterocycles. The Morgan fingerprint density at radius 3 is 2.67 bits per heavy atom. The number of aromatic nitrogens is 3. The van der Waals surface area contributed by atoms with Gasteiger partial charge in [-0.1, -0.05) is 0 Å². The zero-order valence-corrected chi connectivity index (χ0v) is 18.7. The molecule has 2 aromatic heterocycles. The molecule has 1 aliphatic rings. The highest BCUT2D eigenvalue weighted by Crippen LogP contribution is 2.43. The lowest BCUT2D eigenvalue weighted by Gasteiger charge is -2.34. The van der Waals surface area contributed by atoms with Crippen LogP contribution in [-0.2, 0) is 13.5 Å². The van der Waals surface area contributed by atoms with Crippen molar-refractivity contribution in [2.45, 2.75) is 26.2 Å². The number of anilines is 2. The molecule has 0 spiro atoms. The zero-order valence-electron chi connectivity index (χ0n) is 18.7. The van der Waals surface area contributed by atoms with E-state index in [0.717, 1.165) is 40.7 Å². The number of aromatic amines is 1. The molecule has 170 valence electrons. The summed E-state index contributed by atoms with van der Waals surface area (Å²) in [6.45, 7) is 2.46. The Labute approximate surface area is 189 Å². The fourth-order valence-corrected chi connectivity index (χ4v) is 4.74. The van der Waals surface area contributed by atoms with Crippen molar-refractivity contribution in [2.75, 3.05) is 18.6 Å². The van der Waals surface area contributed by atoms with Crippen molar-refractivity contribution >= 4 is 22.3 Å². The van der Waals surface area contributed by atoms with Crippen molar-refractivity contribution in [3.63, 3.8) is 0 Å². The number of hydrogen-bond donors (Lipinski definition) is 1. The number of ether oxygens (including phenoxy) is 1. The van der Waals surface area contributed by atoms with Crippen LogP contribution < -0.4 is 15.2 Å². The number of methoxy groups -OCH3 is 1. The molecule has 0 atom stereocenters. The molecular formula is C25H24F2N4O2. The lowest BCUT2D eigenvalue weighted by Crippen LogP contribution is -2.26. The Hall–Kier alpha value is -3.68. The fourth-order valence-electron chi connectivity index (χ4n) is 4.74. The highest BCUT2D eigenvalue weighted by Gasteiger charge is 2.26. The summed E-state index contributed by atoms with van der Waals surface area (Å²) >= 11 is 0. The van der Waals surface area contributed by atoms with E-state index in [-0.39, 0.29) is 11.1 Å². The van der Waals surface area contributed by atoms with Gasteiger partial charge in [-0.2, -0.15) is 5.10 Å². The van der Waals surface area contributed by atoms with Crippen molar-refractivity contribution in [1.29, 1.82) is 0 Å². The predicted molar refractivity (Wildman–Crippen MR) is 125 cm³/mol. The standard InChI is InChI=1S/C25H24F2N4O2/c1-14-7-20-22(30(2)25(14)32)9-17(33-3)10-23(20)31-6-4-5-15-8-18(16-12-28-29-13-16)19(24(26)27)11-21(15)31/h7-13,24H,4-6H2,1-3H3,(H,28,29). The van der Waals surface area contributed by atoms with Crippen LogP contribution in [0.15, 0.2) is 47.5 Å². The van der Waals surface area contributed by atoms with Gasteiger partial charge in [0, 0.05) is 59.7 Å². The smallest absolute Gasteiger partial charge is 0.264 e. The quantitative estimate of drug-likeness (QED) is 0.460. The van der Waals surface area contributed by atoms with Crippen LogP contribution in [0.5, 0.6) is 5.75 Å². The number of H-pyrrole nitrogens is 1. The van der Waals surface area contributed by atoms with E-state index in [2.05, 4.69) is 15.1 Å². The third-order valence-corrected chi connectivity index (χ3v) is 6.41. The van der Waals surface area contributed by atoms with E-state index >= 15 is 0 Å². The van der Waals surface area contributed by atoms with Gasteiger partial charge in [0.1, 0.15) is 5.75 Å². The summed E-state index contributed by atoms with van der Waals surface area (Å²) in [5, 5.41) is 7.51. The van der Waals surface area contributed by atoms with E-state index in [1.54, 1.807) is 44.1 Å². The average molecular weight is 450 g/mol. The first-order valence-corrected chi connectivity index (χ1v) is 10.8. The molecule has 0 fully saturated rings. The normalized spacial score (nSPS) is 13.6. The maximum atomic E-state index is 14.1. The monoisotopic (exact) mass is 450 g/mol. The molecule has 0 bridgehead atoms. The van der Waals surface area contributed by atoms with E-state index in [0.29, 0.717) is 29.0 Å². The van der Waals surface area contributed by atoms with E-state index < -0.39 is 6.43 Å². The lowest BCUT2D eigenvalue weighted by molar-refractivity contribution is 0.152. The molecule has 3 heterocycles. The van der Waals surface area contributed by atoms with Crippen molar-refractivity contribution in [3.05, 3.63) is 69.8 Å². The van der Waals surface area contributed by atoms with E-state index in [1.807, 2.05) is 24.3 Å². The van der Waals surface area contributed by atoms with Gasteiger partial charge in [-0.3, -0.25) is 9.89 Å². The van der Waals surface area contributed by atoms with Gasteiger partial charge in [-0.05, 0) is 49.1 Å². The lowest BCUT2D eigenvalue weighted by atomic mass is 9.92. The minimum atomic E-state index is -2.63. The summed E-state index contributed by atoms with van der Waals surface area (Å²) in [7, 11) is 3.31. The van der Waals surface area contributed by atoms with Gasteiger partial charge in [0.2, 0.25) is 0 Å². The minimum Gasteiger partial charge on any atom is -0.497 e. The van der Waals surface area contributed by atoms with Crippen LogP contribution in [0.3, 0.4) is 0 Å². The Balaban J connectivity index is 1.77. The molecule has 1 aliphatic heterocycles. The Morgan fingerprint density at radius 2 is 1.97 bits per heavy atom. The molecule has 0 aliphatic carbocycles. The number of benzene rings is 2. The maximum absolute atomic E-state index is 14.1. The molecule has 0 radical (unpaired) electrons. The Bertz CT molecular complexity index is 1410. The molecule has 2 aromatic carbocycles. The molecule has 33 heavy (non-hydrogen) atoms. The number of pyridine rings is 1. The number of halogens is 2. The molecule has 6 nitrogen and oxygen atoms in total. The second kappa shape index (κ2) is 8.03. The minimum absolute atomic E-state index is 0.0298. The van der Waals surface area contributed by atoms with Gasteiger partial charge in [0.25, 0.3) is 12.0 Å². The summed E-state index contributed by atoms with van der Waals surface area (Å²) in [4.78, 5) is 14.6. The molecule has 4 aromatic rings. The summed E-state index contributed by atoms with van der Waals surface area (Å²) in [5.74, 6) is 0.604. The van der Waals surface area contributed by atoms with Crippen molar-refractivity contribution < 1.29 is 13.5 Å². The molecule has 0 amide bonds. The predicted octanol–water partition coefficient (Wildman–Crippen LogP) is 5.27. The second-order valence-corrected chi connectivity index (χ2v) is 8.38. The maximum Gasteiger partial charge on any atom is 0.264 e. The summed E-state index contributed by atoms with van der Waals surface area (Å²) < 4.78 is 35.4. The van der Waals surface area contributed by atoms with Gasteiger partial charge in [-0.25, -0.2) is 8.78 Å². The zero-order chi connectivity index (χ0) is 23.3. The molecule has 0 saturated carbocycles. The number of rotatable bonds is 4. The fraction of sp³-hybridized carbons (Fsp3) is 0.280. The molecule has 8 heteroatoms. The van der Waals surface area contributed by atoms with Gasteiger partial charge in [0.05, 0.1) is 24.5 Å². The average Bonchev–Trinajstić information content (AvgIpc) is 3.36. The van der Waals surface area contributed by atoms with Crippen LogP contribution in [0.25, 0.3) is 22.0 Å². The summed E-state index contributed by atoms with van der Waals surface area (Å²) in [6.07, 6.45) is 2.23. The largest absolute Gasteiger partial charge is 0.497 e. The summed E-state index contributed by atoms with van der Waals surface area (Å²) in [6, 6.07) is 9.07. The number of alkyl halides is 2. The first kappa shape index (κ1) is 21.2. The van der Waals surface area contributed by atoms with Gasteiger partial charge in [-0.15, -0.1) is 0 Å².